The zero-order chi connectivity index (χ0) is 13.1. The van der Waals surface area contributed by atoms with Crippen molar-refractivity contribution in [1.82, 2.24) is 4.90 Å². The Labute approximate surface area is 98.0 Å². The second kappa shape index (κ2) is 5.51. The van der Waals surface area contributed by atoms with Crippen LogP contribution in [0.4, 0.5) is 13.2 Å². The fourth-order valence-electron chi connectivity index (χ4n) is 2.15. The van der Waals surface area contributed by atoms with Crippen molar-refractivity contribution in [2.24, 2.45) is 0 Å². The maximum absolute atomic E-state index is 12.4. The number of ketones is 1. The second-order valence-corrected chi connectivity index (χ2v) is 4.41. The Kier molecular flexibility index (Phi) is 4.54. The van der Waals surface area contributed by atoms with Gasteiger partial charge in [0.2, 0.25) is 0 Å². The lowest BCUT2D eigenvalue weighted by Crippen LogP contribution is -2.47. The molecule has 1 unspecified atom stereocenters. The van der Waals surface area contributed by atoms with Crippen molar-refractivity contribution in [3.05, 3.63) is 0 Å². The van der Waals surface area contributed by atoms with E-state index in [1.165, 1.54) is 6.92 Å². The summed E-state index contributed by atoms with van der Waals surface area (Å²) in [4.78, 5) is 23.1. The van der Waals surface area contributed by atoms with E-state index in [2.05, 4.69) is 0 Å². The highest BCUT2D eigenvalue weighted by Crippen LogP contribution is 2.26. The Morgan fingerprint density at radius 1 is 1.24 bits per heavy atom. The first kappa shape index (κ1) is 14.0. The van der Waals surface area contributed by atoms with Gasteiger partial charge in [0.1, 0.15) is 5.78 Å². The molecule has 0 aromatic carbocycles. The van der Waals surface area contributed by atoms with E-state index >= 15 is 0 Å². The molecule has 1 amide bonds. The van der Waals surface area contributed by atoms with Crippen LogP contribution in [-0.2, 0) is 9.59 Å². The fourth-order valence-corrected chi connectivity index (χ4v) is 2.15. The van der Waals surface area contributed by atoms with Gasteiger partial charge in [-0.15, -0.1) is 0 Å². The van der Waals surface area contributed by atoms with Crippen LogP contribution < -0.4 is 0 Å². The van der Waals surface area contributed by atoms with E-state index in [9.17, 15) is 22.8 Å². The van der Waals surface area contributed by atoms with E-state index in [-0.39, 0.29) is 18.7 Å². The molecule has 3 nitrogen and oxygen atoms in total. The minimum absolute atomic E-state index is 0.0157. The molecule has 0 spiro atoms. The molecule has 98 valence electrons. The summed E-state index contributed by atoms with van der Waals surface area (Å²) < 4.78 is 37.2. The highest BCUT2D eigenvalue weighted by Gasteiger charge is 2.44. The van der Waals surface area contributed by atoms with Gasteiger partial charge >= 0.3 is 12.1 Å². The van der Waals surface area contributed by atoms with E-state index in [1.807, 2.05) is 0 Å². The number of carbonyl (C=O) groups is 2. The van der Waals surface area contributed by atoms with Crippen LogP contribution in [0.2, 0.25) is 0 Å². The third-order valence-electron chi connectivity index (χ3n) is 2.90. The number of amides is 1. The maximum Gasteiger partial charge on any atom is 0.471 e. The Morgan fingerprint density at radius 3 is 2.41 bits per heavy atom. The van der Waals surface area contributed by atoms with Crippen molar-refractivity contribution in [3.63, 3.8) is 0 Å². The molecule has 1 rings (SSSR count). The van der Waals surface area contributed by atoms with Crippen molar-refractivity contribution < 1.29 is 22.8 Å². The maximum atomic E-state index is 12.4. The Morgan fingerprint density at radius 2 is 1.88 bits per heavy atom. The first-order chi connectivity index (χ1) is 7.82. The van der Waals surface area contributed by atoms with Crippen LogP contribution >= 0.6 is 0 Å². The zero-order valence-electron chi connectivity index (χ0n) is 9.72. The van der Waals surface area contributed by atoms with Crippen LogP contribution in [0, 0.1) is 0 Å². The van der Waals surface area contributed by atoms with E-state index < -0.39 is 18.1 Å². The van der Waals surface area contributed by atoms with Gasteiger partial charge in [0.05, 0.1) is 0 Å². The van der Waals surface area contributed by atoms with E-state index in [0.717, 1.165) is 17.7 Å². The van der Waals surface area contributed by atoms with Crippen LogP contribution in [-0.4, -0.2) is 35.4 Å². The standard InChI is InChI=1S/C11H16F3NO2/c1-8(16)7-9-5-3-2-4-6-15(9)10(17)11(12,13)14/h9H,2-7H2,1H3. The monoisotopic (exact) mass is 251 g/mol. The molecule has 0 bridgehead atoms. The van der Waals surface area contributed by atoms with Crippen LogP contribution in [0.15, 0.2) is 0 Å². The number of Topliss-reactive ketones (excluding diaryl/α,β-unsaturated/α-hetero) is 1. The molecule has 0 aromatic rings. The normalized spacial score (nSPS) is 22.1. The average Bonchev–Trinajstić information content (AvgIpc) is 2.40. The predicted octanol–water partition coefficient (Wildman–Crippen LogP) is 2.30. The number of hydrogen-bond donors (Lipinski definition) is 0. The smallest absolute Gasteiger partial charge is 0.331 e. The largest absolute Gasteiger partial charge is 0.471 e. The van der Waals surface area contributed by atoms with Gasteiger partial charge in [-0.25, -0.2) is 0 Å². The zero-order valence-corrected chi connectivity index (χ0v) is 9.72. The van der Waals surface area contributed by atoms with E-state index in [0.29, 0.717) is 12.8 Å². The highest BCUT2D eigenvalue weighted by molar-refractivity contribution is 5.83. The molecule has 0 N–H and O–H groups in total. The third-order valence-corrected chi connectivity index (χ3v) is 2.90. The fraction of sp³-hybridized carbons (Fsp3) is 0.818. The summed E-state index contributed by atoms with van der Waals surface area (Å²) in [5, 5.41) is 0. The van der Waals surface area contributed by atoms with Gasteiger partial charge in [-0.1, -0.05) is 12.8 Å². The summed E-state index contributed by atoms with van der Waals surface area (Å²) in [6, 6.07) is -0.593. The summed E-state index contributed by atoms with van der Waals surface area (Å²) in [6.07, 6.45) is -2.23. The van der Waals surface area contributed by atoms with Crippen molar-refractivity contribution in [1.29, 1.82) is 0 Å². The van der Waals surface area contributed by atoms with E-state index in [4.69, 9.17) is 0 Å². The van der Waals surface area contributed by atoms with Crippen LogP contribution in [0.5, 0.6) is 0 Å². The summed E-state index contributed by atoms with van der Waals surface area (Å²) in [5.41, 5.74) is 0. The molecule has 0 aromatic heterocycles. The molecule has 0 aliphatic carbocycles. The molecule has 6 heteroatoms. The lowest BCUT2D eigenvalue weighted by molar-refractivity contribution is -0.188. The molecular formula is C11H16F3NO2. The highest BCUT2D eigenvalue weighted by atomic mass is 19.4. The summed E-state index contributed by atoms with van der Waals surface area (Å²) >= 11 is 0. The molecule has 1 fully saturated rings. The molecule has 1 heterocycles. The molecule has 1 atom stereocenters. The number of halogens is 3. The van der Waals surface area contributed by atoms with Gasteiger partial charge in [-0.2, -0.15) is 13.2 Å². The van der Waals surface area contributed by atoms with Gasteiger partial charge in [-0.05, 0) is 19.8 Å². The second-order valence-electron chi connectivity index (χ2n) is 4.41. The number of nitrogens with zero attached hydrogens (tertiary/aromatic N) is 1. The Bertz CT molecular complexity index is 302. The quantitative estimate of drug-likeness (QED) is 0.755. The Hall–Kier alpha value is -1.07. The van der Waals surface area contributed by atoms with Gasteiger partial charge in [-0.3, -0.25) is 9.59 Å². The Balaban J connectivity index is 2.81. The number of alkyl halides is 3. The molecule has 1 saturated heterocycles. The van der Waals surface area contributed by atoms with Crippen molar-refractivity contribution in [3.8, 4) is 0 Å². The van der Waals surface area contributed by atoms with Crippen LogP contribution in [0.3, 0.4) is 0 Å². The summed E-state index contributed by atoms with van der Waals surface area (Å²) in [7, 11) is 0. The van der Waals surface area contributed by atoms with Crippen LogP contribution in [0.25, 0.3) is 0 Å². The number of likely N-dealkylation sites (tertiary alicyclic amines) is 1. The topological polar surface area (TPSA) is 37.4 Å². The first-order valence-electron chi connectivity index (χ1n) is 5.69. The predicted molar refractivity (Wildman–Crippen MR) is 55.3 cm³/mol. The molecule has 0 saturated carbocycles. The lowest BCUT2D eigenvalue weighted by atomic mass is 10.0. The van der Waals surface area contributed by atoms with Gasteiger partial charge < -0.3 is 4.90 Å². The van der Waals surface area contributed by atoms with Gasteiger partial charge in [0.15, 0.2) is 0 Å². The van der Waals surface area contributed by atoms with Crippen LogP contribution in [0.1, 0.15) is 39.0 Å². The van der Waals surface area contributed by atoms with Gasteiger partial charge in [0.25, 0.3) is 0 Å². The molecular weight excluding hydrogens is 235 g/mol. The van der Waals surface area contributed by atoms with Gasteiger partial charge in [0, 0.05) is 19.0 Å². The molecule has 1 aliphatic heterocycles. The van der Waals surface area contributed by atoms with Crippen molar-refractivity contribution in [2.75, 3.05) is 6.54 Å². The average molecular weight is 251 g/mol. The molecule has 0 radical (unpaired) electrons. The number of carbonyl (C=O) groups excluding carboxylic acids is 2. The van der Waals surface area contributed by atoms with E-state index in [1.54, 1.807) is 0 Å². The van der Waals surface area contributed by atoms with Crippen molar-refractivity contribution >= 4 is 11.7 Å². The SMILES string of the molecule is CC(=O)CC1CCCCCN1C(=O)C(F)(F)F. The first-order valence-corrected chi connectivity index (χ1v) is 5.69. The number of rotatable bonds is 2. The summed E-state index contributed by atoms with van der Waals surface area (Å²) in [6.45, 7) is 1.43. The minimum Gasteiger partial charge on any atom is -0.331 e. The number of hydrogen-bond acceptors (Lipinski definition) is 2. The molecule has 1 aliphatic rings. The minimum atomic E-state index is -4.85. The van der Waals surface area contributed by atoms with Crippen molar-refractivity contribution in [2.45, 2.75) is 51.2 Å². The lowest BCUT2D eigenvalue weighted by Gasteiger charge is -2.30. The summed E-state index contributed by atoms with van der Waals surface area (Å²) in [5.74, 6) is -2.00. The third kappa shape index (κ3) is 4.02. The molecule has 17 heavy (non-hydrogen) atoms.